The van der Waals surface area contributed by atoms with E-state index in [4.69, 9.17) is 0 Å². The van der Waals surface area contributed by atoms with Crippen LogP contribution in [0.4, 0.5) is 34.1 Å². The fourth-order valence-electron chi connectivity index (χ4n) is 9.91. The molecule has 0 radical (unpaired) electrons. The Balaban J connectivity index is 1.11. The lowest BCUT2D eigenvalue weighted by Crippen LogP contribution is -2.64. The lowest BCUT2D eigenvalue weighted by Gasteiger charge is -2.44. The summed E-state index contributed by atoms with van der Waals surface area (Å²) in [5.74, 6) is 0. The van der Waals surface area contributed by atoms with E-state index in [1.165, 1.54) is 94.7 Å². The van der Waals surface area contributed by atoms with Crippen LogP contribution in [0.2, 0.25) is 0 Å². The third-order valence-electron chi connectivity index (χ3n) is 12.4. The number of rotatable bonds is 6. The zero-order chi connectivity index (χ0) is 40.7. The topological polar surface area (TPSA) is 6.48 Å². The summed E-state index contributed by atoms with van der Waals surface area (Å²) >= 11 is 7.52. The van der Waals surface area contributed by atoms with Crippen LogP contribution in [-0.4, -0.2) is 13.4 Å². The molecule has 0 saturated heterocycles. The second-order valence-electron chi connectivity index (χ2n) is 16.0. The van der Waals surface area contributed by atoms with Gasteiger partial charge in [-0.1, -0.05) is 173 Å². The molecule has 0 atom stereocenters. The van der Waals surface area contributed by atoms with Gasteiger partial charge in [-0.3, -0.25) is 0 Å². The summed E-state index contributed by atoms with van der Waals surface area (Å²) in [5.41, 5.74) is 15.5. The van der Waals surface area contributed by atoms with Gasteiger partial charge in [0.05, 0.1) is 0 Å². The van der Waals surface area contributed by atoms with Gasteiger partial charge < -0.3 is 9.80 Å². The van der Waals surface area contributed by atoms with E-state index in [1.807, 2.05) is 47.0 Å². The molecule has 290 valence electrons. The van der Waals surface area contributed by atoms with Crippen LogP contribution in [0.25, 0.3) is 0 Å². The first-order valence-corrected chi connectivity index (χ1v) is 24.2. The van der Waals surface area contributed by atoms with Crippen molar-refractivity contribution in [3.63, 3.8) is 0 Å². The van der Waals surface area contributed by atoms with Gasteiger partial charge in [-0.05, 0) is 113 Å². The molecule has 9 aromatic rings. The van der Waals surface area contributed by atoms with Crippen molar-refractivity contribution in [1.29, 1.82) is 0 Å². The van der Waals surface area contributed by atoms with Crippen LogP contribution in [0, 0.1) is 0 Å². The Kier molecular flexibility index (Phi) is 8.82. The van der Waals surface area contributed by atoms with E-state index in [9.17, 15) is 0 Å². The average Bonchev–Trinajstić information content (AvgIpc) is 3.32. The first-order chi connectivity index (χ1) is 30.7. The highest BCUT2D eigenvalue weighted by molar-refractivity contribution is 8.01. The molecule has 0 N–H and O–H groups in total. The predicted octanol–water partition coefficient (Wildman–Crippen LogP) is 11.5. The van der Waals surface area contributed by atoms with Gasteiger partial charge in [0, 0.05) is 73.3 Å². The van der Waals surface area contributed by atoms with E-state index in [1.54, 1.807) is 0 Å². The van der Waals surface area contributed by atoms with E-state index in [-0.39, 0.29) is 13.4 Å². The molecule has 8 heteroatoms. The highest BCUT2D eigenvalue weighted by Crippen LogP contribution is 2.49. The molecule has 0 aliphatic carbocycles. The zero-order valence-electron chi connectivity index (χ0n) is 33.3. The van der Waals surface area contributed by atoms with Crippen molar-refractivity contribution in [3.05, 3.63) is 206 Å². The lowest BCUT2D eigenvalue weighted by molar-refractivity contribution is 1.21. The molecular weight excluding hydrogens is 826 g/mol. The van der Waals surface area contributed by atoms with E-state index in [0.29, 0.717) is 0 Å². The van der Waals surface area contributed by atoms with Crippen LogP contribution in [0.15, 0.2) is 245 Å². The molecule has 0 bridgehead atoms. The Morgan fingerprint density at radius 2 is 0.694 bits per heavy atom. The number of hydrogen-bond acceptors (Lipinski definition) is 6. The standard InChI is InChI=1S/C54H34B2N2S4/c1-5-17-35(18-6-1)57-45-34-46-44(33-43(45)55-41-25-13-15-27-49(41)61-51-31-39(29-47(57)53(51)55)59-37-21-9-3-10-22-37)56-42-26-14-16-28-50(42)62-52-32-40(60-38-23-11-4-12-24-38)30-48(54(52)56)58(46)36-19-7-2-8-20-36/h1-34H. The van der Waals surface area contributed by atoms with Gasteiger partial charge in [0.1, 0.15) is 0 Å². The van der Waals surface area contributed by atoms with E-state index in [0.717, 1.165) is 11.4 Å². The largest absolute Gasteiger partial charge is 0.311 e. The summed E-state index contributed by atoms with van der Waals surface area (Å²) in [6.45, 7) is 0.134. The average molecular weight is 861 g/mol. The summed E-state index contributed by atoms with van der Waals surface area (Å²) < 4.78 is 0. The normalized spacial score (nSPS) is 13.7. The molecular formula is C54H34B2N2S4. The molecule has 13 rings (SSSR count). The van der Waals surface area contributed by atoms with Crippen molar-refractivity contribution in [2.75, 3.05) is 9.80 Å². The first-order valence-electron chi connectivity index (χ1n) is 21.0. The number of fused-ring (bicyclic) bond motifs is 8. The molecule has 4 aliphatic heterocycles. The van der Waals surface area contributed by atoms with Gasteiger partial charge in [0.15, 0.2) is 0 Å². The Labute approximate surface area is 380 Å². The number of benzene rings is 9. The maximum Gasteiger partial charge on any atom is 0.249 e. The van der Waals surface area contributed by atoms with Crippen LogP contribution in [0.5, 0.6) is 0 Å². The monoisotopic (exact) mass is 860 g/mol. The third-order valence-corrected chi connectivity index (χ3v) is 16.7. The van der Waals surface area contributed by atoms with Crippen molar-refractivity contribution in [2.45, 2.75) is 39.2 Å². The Hall–Kier alpha value is -5.89. The molecule has 4 aliphatic rings. The summed E-state index contributed by atoms with van der Waals surface area (Å²) in [6.07, 6.45) is 0. The highest BCUT2D eigenvalue weighted by atomic mass is 32.2. The number of anilines is 6. The molecule has 9 aromatic carbocycles. The number of hydrogen-bond donors (Lipinski definition) is 0. The molecule has 2 nitrogen and oxygen atoms in total. The molecule has 0 fully saturated rings. The summed E-state index contributed by atoms with van der Waals surface area (Å²) in [5, 5.41) is 0. The molecule has 0 saturated carbocycles. The minimum Gasteiger partial charge on any atom is -0.311 e. The summed E-state index contributed by atoms with van der Waals surface area (Å²) in [4.78, 5) is 15.4. The van der Waals surface area contributed by atoms with Gasteiger partial charge in [-0.25, -0.2) is 0 Å². The smallest absolute Gasteiger partial charge is 0.249 e. The van der Waals surface area contributed by atoms with Crippen molar-refractivity contribution in [1.82, 2.24) is 0 Å². The maximum atomic E-state index is 2.62. The van der Waals surface area contributed by atoms with Gasteiger partial charge in [-0.15, -0.1) is 0 Å². The van der Waals surface area contributed by atoms with Crippen LogP contribution >= 0.6 is 47.0 Å². The third kappa shape index (κ3) is 5.95. The van der Waals surface area contributed by atoms with Gasteiger partial charge in [-0.2, -0.15) is 0 Å². The second kappa shape index (κ2) is 14.9. The van der Waals surface area contributed by atoms with E-state index < -0.39 is 0 Å². The Morgan fingerprint density at radius 3 is 1.13 bits per heavy atom. The highest BCUT2D eigenvalue weighted by Gasteiger charge is 2.46. The molecule has 0 spiro atoms. The van der Waals surface area contributed by atoms with Crippen molar-refractivity contribution < 1.29 is 0 Å². The van der Waals surface area contributed by atoms with Crippen LogP contribution < -0.4 is 42.6 Å². The summed E-state index contributed by atoms with van der Waals surface area (Å²) in [6, 6.07) is 76.8. The van der Waals surface area contributed by atoms with Crippen molar-refractivity contribution in [3.8, 4) is 0 Å². The fraction of sp³-hybridized carbons (Fsp3) is 0. The first kappa shape index (κ1) is 36.7. The van der Waals surface area contributed by atoms with Gasteiger partial charge >= 0.3 is 0 Å². The predicted molar refractivity (Wildman–Crippen MR) is 267 cm³/mol. The zero-order valence-corrected chi connectivity index (χ0v) is 36.6. The molecule has 0 aromatic heterocycles. The lowest BCUT2D eigenvalue weighted by atomic mass is 9.31. The minimum atomic E-state index is 0.0670. The quantitative estimate of drug-likeness (QED) is 0.153. The van der Waals surface area contributed by atoms with E-state index >= 15 is 0 Å². The molecule has 4 heterocycles. The Bertz CT molecular complexity index is 3010. The minimum absolute atomic E-state index is 0.0670. The maximum absolute atomic E-state index is 2.62. The van der Waals surface area contributed by atoms with Crippen molar-refractivity contribution in [2.24, 2.45) is 0 Å². The number of para-hydroxylation sites is 2. The van der Waals surface area contributed by atoms with Crippen LogP contribution in [0.3, 0.4) is 0 Å². The summed E-state index contributed by atoms with van der Waals surface area (Å²) in [7, 11) is 0. The molecule has 0 amide bonds. The molecule has 62 heavy (non-hydrogen) atoms. The fourth-order valence-corrected chi connectivity index (χ4v) is 14.3. The SMILES string of the molecule is c1ccc(Sc2cc3c4c(c2)N(c2ccccc2)c2cc5c(cc2B4c2ccccc2S3)B2c3ccccc3Sc3cc(Sc4ccccc4)cc(c32)N5c2ccccc2)cc1. The van der Waals surface area contributed by atoms with Crippen molar-refractivity contribution >= 4 is 127 Å². The Morgan fingerprint density at radius 1 is 0.306 bits per heavy atom. The molecule has 0 unspecified atom stereocenters. The van der Waals surface area contributed by atoms with Gasteiger partial charge in [0.2, 0.25) is 13.4 Å². The van der Waals surface area contributed by atoms with Gasteiger partial charge in [0.25, 0.3) is 0 Å². The number of nitrogens with zero attached hydrogens (tertiary/aromatic N) is 2. The van der Waals surface area contributed by atoms with E-state index in [2.05, 4.69) is 216 Å². The second-order valence-corrected chi connectivity index (χ2v) is 20.5. The van der Waals surface area contributed by atoms with Crippen LogP contribution in [-0.2, 0) is 0 Å². The van der Waals surface area contributed by atoms with Crippen LogP contribution in [0.1, 0.15) is 0 Å².